The van der Waals surface area contributed by atoms with Gasteiger partial charge < -0.3 is 9.88 Å². The molecule has 3 heterocycles. The Kier molecular flexibility index (Phi) is 4.92. The highest BCUT2D eigenvalue weighted by atomic mass is 79.9. The van der Waals surface area contributed by atoms with Gasteiger partial charge in [-0.1, -0.05) is 28.1 Å². The number of carbonyl (C=O) groups is 1. The molecular formula is C19H20BrN5O3. The second-order valence-corrected chi connectivity index (χ2v) is 7.92. The molecule has 1 aliphatic rings. The van der Waals surface area contributed by atoms with E-state index in [0.29, 0.717) is 17.9 Å². The number of aryl methyl sites for hydroxylation is 2. The number of carbonyl (C=O) groups excluding carboxylic acids is 1. The highest BCUT2D eigenvalue weighted by molar-refractivity contribution is 9.10. The van der Waals surface area contributed by atoms with Crippen LogP contribution in [0.4, 0.5) is 0 Å². The van der Waals surface area contributed by atoms with E-state index in [1.54, 1.807) is 7.05 Å². The van der Waals surface area contributed by atoms with Crippen molar-refractivity contribution in [2.24, 2.45) is 7.05 Å². The predicted molar refractivity (Wildman–Crippen MR) is 108 cm³/mol. The first kappa shape index (κ1) is 18.7. The van der Waals surface area contributed by atoms with Crippen LogP contribution in [0.15, 0.2) is 38.3 Å². The number of nitrogens with zero attached hydrogens (tertiary/aromatic N) is 3. The molecule has 0 bridgehead atoms. The van der Waals surface area contributed by atoms with Gasteiger partial charge in [-0.3, -0.25) is 19.1 Å². The fourth-order valence-electron chi connectivity index (χ4n) is 3.77. The summed E-state index contributed by atoms with van der Waals surface area (Å²) in [5.74, 6) is 0.582. The molecule has 1 fully saturated rings. The third-order valence-corrected chi connectivity index (χ3v) is 5.68. The summed E-state index contributed by atoms with van der Waals surface area (Å²) in [6, 6.07) is 8.15. The Hall–Kier alpha value is -2.68. The summed E-state index contributed by atoms with van der Waals surface area (Å²) in [5, 5.41) is 0. The molecule has 28 heavy (non-hydrogen) atoms. The van der Waals surface area contributed by atoms with Crippen molar-refractivity contribution < 1.29 is 4.79 Å². The van der Waals surface area contributed by atoms with Gasteiger partial charge in [0.1, 0.15) is 11.3 Å². The topological polar surface area (TPSA) is 104 Å². The highest BCUT2D eigenvalue weighted by Crippen LogP contribution is 2.33. The summed E-state index contributed by atoms with van der Waals surface area (Å²) < 4.78 is 2.28. The zero-order chi connectivity index (χ0) is 19.8. The van der Waals surface area contributed by atoms with Crippen LogP contribution >= 0.6 is 15.9 Å². The molecule has 1 saturated heterocycles. The normalized spacial score (nSPS) is 16.8. The minimum atomic E-state index is -0.513. The summed E-state index contributed by atoms with van der Waals surface area (Å²) in [4.78, 5) is 47.9. The average molecular weight is 446 g/mol. The quantitative estimate of drug-likeness (QED) is 0.640. The lowest BCUT2D eigenvalue weighted by atomic mass is 10.0. The van der Waals surface area contributed by atoms with Crippen molar-refractivity contribution in [1.29, 1.82) is 0 Å². The number of benzene rings is 1. The molecule has 1 aromatic carbocycles. The number of aromatic amines is 2. The summed E-state index contributed by atoms with van der Waals surface area (Å²) in [7, 11) is 1.54. The van der Waals surface area contributed by atoms with Crippen molar-refractivity contribution >= 4 is 33.0 Å². The number of nitrogens with one attached hydrogen (secondary N) is 2. The highest BCUT2D eigenvalue weighted by Gasteiger charge is 2.29. The second kappa shape index (κ2) is 7.38. The van der Waals surface area contributed by atoms with Gasteiger partial charge in [-0.05, 0) is 30.5 Å². The zero-order valence-electron chi connectivity index (χ0n) is 15.4. The van der Waals surface area contributed by atoms with E-state index in [1.807, 2.05) is 23.1 Å². The van der Waals surface area contributed by atoms with Gasteiger partial charge in [0.05, 0.1) is 6.04 Å². The maximum absolute atomic E-state index is 12.8. The van der Waals surface area contributed by atoms with Crippen LogP contribution in [0.1, 0.15) is 36.7 Å². The first-order valence-corrected chi connectivity index (χ1v) is 9.96. The van der Waals surface area contributed by atoms with Crippen LogP contribution in [-0.4, -0.2) is 36.9 Å². The third kappa shape index (κ3) is 3.42. The maximum Gasteiger partial charge on any atom is 0.329 e. The van der Waals surface area contributed by atoms with E-state index in [1.165, 1.54) is 4.57 Å². The van der Waals surface area contributed by atoms with E-state index in [4.69, 9.17) is 0 Å². The van der Waals surface area contributed by atoms with Gasteiger partial charge in [-0.2, -0.15) is 0 Å². The summed E-state index contributed by atoms with van der Waals surface area (Å²) in [5.41, 5.74) is 0.658. The molecule has 9 heteroatoms. The number of hydrogen-bond donors (Lipinski definition) is 2. The minimum absolute atomic E-state index is 0.0609. The standard InChI is InChI=1S/C19H20BrN5O3/c1-24-17-16(18(27)23-19(24)28)21-14(22-17)7-8-15(26)25-9-3-6-13(25)11-4-2-5-12(20)10-11/h2,4-5,10,13H,3,6-9H2,1H3,(H,21,22)(H,23,27,28). The molecule has 0 saturated carbocycles. The number of likely N-dealkylation sites (tertiary alicyclic amines) is 1. The molecule has 8 nitrogen and oxygen atoms in total. The Morgan fingerprint density at radius 3 is 2.93 bits per heavy atom. The predicted octanol–water partition coefficient (Wildman–Crippen LogP) is 2.01. The van der Waals surface area contributed by atoms with Gasteiger partial charge >= 0.3 is 5.69 Å². The maximum atomic E-state index is 12.8. The van der Waals surface area contributed by atoms with Crippen LogP contribution in [0, 0.1) is 0 Å². The van der Waals surface area contributed by atoms with E-state index in [9.17, 15) is 14.4 Å². The van der Waals surface area contributed by atoms with E-state index in [-0.39, 0.29) is 23.9 Å². The van der Waals surface area contributed by atoms with Gasteiger partial charge in [-0.25, -0.2) is 9.78 Å². The molecule has 1 atom stereocenters. The zero-order valence-corrected chi connectivity index (χ0v) is 17.0. The Labute approximate surface area is 168 Å². The molecule has 2 aromatic heterocycles. The Balaban J connectivity index is 1.50. The molecule has 1 aliphatic heterocycles. The van der Waals surface area contributed by atoms with Crippen LogP contribution in [0.2, 0.25) is 0 Å². The van der Waals surface area contributed by atoms with Crippen molar-refractivity contribution in [3.63, 3.8) is 0 Å². The SMILES string of the molecule is Cn1c(=O)[nH]c(=O)c2[nH]c(CCC(=O)N3CCCC3c3cccc(Br)c3)nc21. The molecule has 0 aliphatic carbocycles. The Morgan fingerprint density at radius 1 is 1.32 bits per heavy atom. The van der Waals surface area contributed by atoms with E-state index in [2.05, 4.69) is 36.9 Å². The van der Waals surface area contributed by atoms with Crippen molar-refractivity contribution in [3.05, 3.63) is 61.0 Å². The van der Waals surface area contributed by atoms with E-state index >= 15 is 0 Å². The first-order chi connectivity index (χ1) is 13.4. The number of halogens is 1. The number of imidazole rings is 1. The molecule has 0 spiro atoms. The monoisotopic (exact) mass is 445 g/mol. The minimum Gasteiger partial charge on any atom is -0.336 e. The van der Waals surface area contributed by atoms with Gasteiger partial charge in [0.2, 0.25) is 5.91 Å². The number of aromatic nitrogens is 4. The summed E-state index contributed by atoms with van der Waals surface area (Å²) in [6.07, 6.45) is 2.59. The lowest BCUT2D eigenvalue weighted by Crippen LogP contribution is -2.30. The van der Waals surface area contributed by atoms with E-state index < -0.39 is 11.2 Å². The molecule has 4 rings (SSSR count). The largest absolute Gasteiger partial charge is 0.336 e. The second-order valence-electron chi connectivity index (χ2n) is 7.00. The average Bonchev–Trinajstić information content (AvgIpc) is 3.32. The Bertz CT molecular complexity index is 1160. The Morgan fingerprint density at radius 2 is 2.14 bits per heavy atom. The number of H-pyrrole nitrogens is 2. The fraction of sp³-hybridized carbons (Fsp3) is 0.368. The lowest BCUT2D eigenvalue weighted by Gasteiger charge is -2.25. The molecule has 0 radical (unpaired) electrons. The van der Waals surface area contributed by atoms with Gasteiger partial charge in [0.15, 0.2) is 5.65 Å². The van der Waals surface area contributed by atoms with Crippen molar-refractivity contribution in [1.82, 2.24) is 24.4 Å². The number of amides is 1. The number of fused-ring (bicyclic) bond motifs is 1. The summed E-state index contributed by atoms with van der Waals surface area (Å²) >= 11 is 3.49. The van der Waals surface area contributed by atoms with Crippen LogP contribution in [0.25, 0.3) is 11.2 Å². The molecule has 3 aromatic rings. The van der Waals surface area contributed by atoms with Crippen molar-refractivity contribution in [3.8, 4) is 0 Å². The van der Waals surface area contributed by atoms with Crippen LogP contribution < -0.4 is 11.2 Å². The van der Waals surface area contributed by atoms with Crippen LogP contribution in [-0.2, 0) is 18.3 Å². The number of hydrogen-bond acceptors (Lipinski definition) is 4. The molecule has 1 unspecified atom stereocenters. The fourth-order valence-corrected chi connectivity index (χ4v) is 4.18. The molecule has 1 amide bonds. The molecular weight excluding hydrogens is 426 g/mol. The number of rotatable bonds is 4. The van der Waals surface area contributed by atoms with Crippen molar-refractivity contribution in [2.45, 2.75) is 31.7 Å². The van der Waals surface area contributed by atoms with Crippen LogP contribution in [0.5, 0.6) is 0 Å². The molecule has 146 valence electrons. The lowest BCUT2D eigenvalue weighted by molar-refractivity contribution is -0.132. The summed E-state index contributed by atoms with van der Waals surface area (Å²) in [6.45, 7) is 0.740. The van der Waals surface area contributed by atoms with Crippen LogP contribution in [0.3, 0.4) is 0 Å². The van der Waals surface area contributed by atoms with Crippen molar-refractivity contribution in [2.75, 3.05) is 6.54 Å². The van der Waals surface area contributed by atoms with Gasteiger partial charge in [0.25, 0.3) is 5.56 Å². The van der Waals surface area contributed by atoms with Gasteiger partial charge in [0, 0.05) is 30.9 Å². The first-order valence-electron chi connectivity index (χ1n) is 9.17. The van der Waals surface area contributed by atoms with E-state index in [0.717, 1.165) is 29.4 Å². The third-order valence-electron chi connectivity index (χ3n) is 5.19. The molecule has 2 N–H and O–H groups in total. The smallest absolute Gasteiger partial charge is 0.329 e. The van der Waals surface area contributed by atoms with Gasteiger partial charge in [-0.15, -0.1) is 0 Å².